The average molecular weight is 432 g/mol. The molecule has 0 radical (unpaired) electrons. The summed E-state index contributed by atoms with van der Waals surface area (Å²) in [7, 11) is 0. The molecule has 0 aliphatic heterocycles. The first-order valence-corrected chi connectivity index (χ1v) is 8.65. The Bertz CT molecular complexity index is 1010. The first kappa shape index (κ1) is 18.0. The molecule has 0 spiro atoms. The lowest BCUT2D eigenvalue weighted by atomic mass is 10.2. The predicted octanol–water partition coefficient (Wildman–Crippen LogP) is 3.74. The van der Waals surface area contributed by atoms with Crippen LogP contribution < -0.4 is 10.7 Å². The number of carbonyl (C=O) groups excluding carboxylic acids is 2. The number of hydrogen-bond acceptors (Lipinski definition) is 4. The summed E-state index contributed by atoms with van der Waals surface area (Å²) < 4.78 is 0.866. The highest BCUT2D eigenvalue weighted by Gasteiger charge is 2.12. The van der Waals surface area contributed by atoms with Gasteiger partial charge in [-0.05, 0) is 36.4 Å². The van der Waals surface area contributed by atoms with Crippen LogP contribution in [-0.2, 0) is 9.59 Å². The second-order valence-corrected chi connectivity index (χ2v) is 6.49. The molecule has 130 valence electrons. The minimum absolute atomic E-state index is 0.251. The summed E-state index contributed by atoms with van der Waals surface area (Å²) in [6.45, 7) is 0. The Morgan fingerprint density at radius 3 is 2.58 bits per heavy atom. The molecule has 0 aliphatic carbocycles. The largest absolute Gasteiger partial charge is 0.329 e. The summed E-state index contributed by atoms with van der Waals surface area (Å²) in [6.07, 6.45) is 1.34. The van der Waals surface area contributed by atoms with Crippen LogP contribution in [0, 0.1) is 0 Å². The number of para-hydroxylation sites is 1. The molecule has 3 aromatic rings. The number of hydrazone groups is 1. The van der Waals surface area contributed by atoms with Gasteiger partial charge in [0.25, 0.3) is 0 Å². The standard InChI is InChI=1S/C18H12BrClN4O2/c19-13-5-7-14(8-6-13)22-17(25)18(26)24-21-10-12-9-11-3-1-2-4-15(11)23-16(12)20/h1-10H,(H,22,25)(H,24,26). The molecule has 2 amide bonds. The number of fused-ring (bicyclic) bond motifs is 1. The average Bonchev–Trinajstić information content (AvgIpc) is 2.63. The molecule has 0 saturated carbocycles. The number of amides is 2. The molecule has 0 atom stereocenters. The van der Waals surface area contributed by atoms with Gasteiger partial charge in [0.15, 0.2) is 0 Å². The van der Waals surface area contributed by atoms with Gasteiger partial charge in [0.2, 0.25) is 0 Å². The highest BCUT2D eigenvalue weighted by Crippen LogP contribution is 2.19. The van der Waals surface area contributed by atoms with Gasteiger partial charge in [0, 0.05) is 21.1 Å². The van der Waals surface area contributed by atoms with Crippen LogP contribution in [0.25, 0.3) is 10.9 Å². The zero-order valence-corrected chi connectivity index (χ0v) is 15.6. The minimum Gasteiger partial charge on any atom is -0.318 e. The lowest BCUT2D eigenvalue weighted by Crippen LogP contribution is -2.32. The van der Waals surface area contributed by atoms with Crippen LogP contribution in [0.4, 0.5) is 5.69 Å². The van der Waals surface area contributed by atoms with Crippen LogP contribution in [0.5, 0.6) is 0 Å². The molecule has 1 aromatic heterocycles. The van der Waals surface area contributed by atoms with Crippen molar-refractivity contribution >= 4 is 62.2 Å². The normalized spacial score (nSPS) is 10.8. The first-order valence-electron chi connectivity index (χ1n) is 7.48. The molecule has 0 saturated heterocycles. The van der Waals surface area contributed by atoms with Gasteiger partial charge < -0.3 is 5.32 Å². The van der Waals surface area contributed by atoms with Gasteiger partial charge in [0.05, 0.1) is 11.7 Å². The van der Waals surface area contributed by atoms with Crippen molar-refractivity contribution < 1.29 is 9.59 Å². The number of pyridine rings is 1. The Morgan fingerprint density at radius 2 is 1.81 bits per heavy atom. The summed E-state index contributed by atoms with van der Waals surface area (Å²) in [6, 6.07) is 16.1. The Kier molecular flexibility index (Phi) is 5.60. The van der Waals surface area contributed by atoms with Crippen molar-refractivity contribution in [3.8, 4) is 0 Å². The summed E-state index contributed by atoms with van der Waals surface area (Å²) in [4.78, 5) is 27.9. The highest BCUT2D eigenvalue weighted by molar-refractivity contribution is 9.10. The van der Waals surface area contributed by atoms with E-state index in [9.17, 15) is 9.59 Å². The van der Waals surface area contributed by atoms with Crippen LogP contribution in [0.15, 0.2) is 64.2 Å². The lowest BCUT2D eigenvalue weighted by molar-refractivity contribution is -0.136. The van der Waals surface area contributed by atoms with Crippen LogP contribution in [0.2, 0.25) is 5.15 Å². The lowest BCUT2D eigenvalue weighted by Gasteiger charge is -2.04. The smallest absolute Gasteiger partial charge is 0.318 e. The molecule has 1 heterocycles. The molecule has 0 aliphatic rings. The summed E-state index contributed by atoms with van der Waals surface area (Å²) >= 11 is 9.39. The predicted molar refractivity (Wildman–Crippen MR) is 105 cm³/mol. The minimum atomic E-state index is -0.894. The number of nitrogens with one attached hydrogen (secondary N) is 2. The van der Waals surface area contributed by atoms with Gasteiger partial charge in [0.1, 0.15) is 5.15 Å². The maximum absolute atomic E-state index is 11.8. The molecule has 8 heteroatoms. The highest BCUT2D eigenvalue weighted by atomic mass is 79.9. The molecule has 0 unspecified atom stereocenters. The number of anilines is 1. The molecule has 6 nitrogen and oxygen atoms in total. The fourth-order valence-electron chi connectivity index (χ4n) is 2.13. The molecular weight excluding hydrogens is 420 g/mol. The van der Waals surface area contributed by atoms with E-state index in [1.54, 1.807) is 30.3 Å². The molecular formula is C18H12BrClN4O2. The Hall–Kier alpha value is -2.77. The van der Waals surface area contributed by atoms with Crippen molar-refractivity contribution in [1.82, 2.24) is 10.4 Å². The summed E-state index contributed by atoms with van der Waals surface area (Å²) in [5.41, 5.74) is 3.94. The van der Waals surface area contributed by atoms with Gasteiger partial charge in [-0.15, -0.1) is 0 Å². The van der Waals surface area contributed by atoms with Crippen LogP contribution in [0.1, 0.15) is 5.56 Å². The summed E-state index contributed by atoms with van der Waals surface area (Å²) in [5, 5.41) is 7.38. The van der Waals surface area contributed by atoms with Crippen LogP contribution in [-0.4, -0.2) is 23.0 Å². The van der Waals surface area contributed by atoms with E-state index in [2.05, 4.69) is 36.8 Å². The monoisotopic (exact) mass is 430 g/mol. The maximum atomic E-state index is 11.8. The fraction of sp³-hybridized carbons (Fsp3) is 0. The Balaban J connectivity index is 1.64. The van der Waals surface area contributed by atoms with Gasteiger partial charge in [-0.25, -0.2) is 10.4 Å². The second-order valence-electron chi connectivity index (χ2n) is 5.22. The van der Waals surface area contributed by atoms with Gasteiger partial charge in [-0.2, -0.15) is 5.10 Å². The molecule has 0 fully saturated rings. The van der Waals surface area contributed by atoms with Gasteiger partial charge in [-0.3, -0.25) is 9.59 Å². The molecule has 2 N–H and O–H groups in total. The van der Waals surface area contributed by atoms with Crippen molar-refractivity contribution in [2.24, 2.45) is 5.10 Å². The van der Waals surface area contributed by atoms with Gasteiger partial charge in [-0.1, -0.05) is 45.7 Å². The van der Waals surface area contributed by atoms with Crippen molar-refractivity contribution in [2.75, 3.05) is 5.32 Å². The van der Waals surface area contributed by atoms with E-state index in [0.29, 0.717) is 11.3 Å². The molecule has 0 bridgehead atoms. The number of halogens is 2. The quantitative estimate of drug-likeness (QED) is 0.287. The van der Waals surface area contributed by atoms with E-state index in [0.717, 1.165) is 15.4 Å². The van der Waals surface area contributed by atoms with Crippen LogP contribution >= 0.6 is 27.5 Å². The molecule has 2 aromatic carbocycles. The number of carbonyl (C=O) groups is 2. The van der Waals surface area contributed by atoms with Crippen molar-refractivity contribution in [3.63, 3.8) is 0 Å². The fourth-order valence-corrected chi connectivity index (χ4v) is 2.59. The van der Waals surface area contributed by atoms with Crippen LogP contribution in [0.3, 0.4) is 0 Å². The van der Waals surface area contributed by atoms with E-state index in [1.165, 1.54) is 6.21 Å². The number of benzene rings is 2. The third kappa shape index (κ3) is 4.44. The van der Waals surface area contributed by atoms with Crippen molar-refractivity contribution in [3.05, 3.63) is 69.8 Å². The van der Waals surface area contributed by atoms with Gasteiger partial charge >= 0.3 is 11.8 Å². The Morgan fingerprint density at radius 1 is 1.08 bits per heavy atom. The third-order valence-corrected chi connectivity index (χ3v) is 4.21. The van der Waals surface area contributed by atoms with Crippen molar-refractivity contribution in [2.45, 2.75) is 0 Å². The van der Waals surface area contributed by atoms with E-state index in [1.807, 2.05) is 24.3 Å². The van der Waals surface area contributed by atoms with E-state index in [-0.39, 0.29) is 5.15 Å². The van der Waals surface area contributed by atoms with E-state index in [4.69, 9.17) is 11.6 Å². The number of aromatic nitrogens is 1. The molecule has 3 rings (SSSR count). The van der Waals surface area contributed by atoms with Crippen molar-refractivity contribution in [1.29, 1.82) is 0 Å². The first-order chi connectivity index (χ1) is 12.5. The van der Waals surface area contributed by atoms with E-state index < -0.39 is 11.8 Å². The maximum Gasteiger partial charge on any atom is 0.329 e. The summed E-state index contributed by atoms with van der Waals surface area (Å²) in [5.74, 6) is -1.72. The third-order valence-electron chi connectivity index (χ3n) is 3.38. The number of hydrogen-bond donors (Lipinski definition) is 2. The Labute approximate surface area is 162 Å². The molecule has 26 heavy (non-hydrogen) atoms. The number of nitrogens with zero attached hydrogens (tertiary/aromatic N) is 2. The SMILES string of the molecule is O=C(NN=Cc1cc2ccccc2nc1Cl)C(=O)Nc1ccc(Br)cc1. The topological polar surface area (TPSA) is 83.5 Å². The zero-order chi connectivity index (χ0) is 18.5. The second kappa shape index (κ2) is 8.07. The van der Waals surface area contributed by atoms with E-state index >= 15 is 0 Å². The number of rotatable bonds is 3. The zero-order valence-electron chi connectivity index (χ0n) is 13.2.